The van der Waals surface area contributed by atoms with Crippen LogP contribution in [0.4, 0.5) is 0 Å². The van der Waals surface area contributed by atoms with Crippen molar-refractivity contribution in [3.05, 3.63) is 57.8 Å². The molecule has 0 aliphatic heterocycles. The minimum Gasteiger partial charge on any atom is -0.311 e. The standard InChI is InChI=1S/C17H19BrN4S/c1-22-11-13(9-20-22)4-3-7-19-10-16-12-23-17(21-16)14-5-2-6-15(18)8-14/h2,5-6,8-9,11-12,19H,3-4,7,10H2,1H3. The predicted octanol–water partition coefficient (Wildman–Crippen LogP) is 4.03. The van der Waals surface area contributed by atoms with E-state index in [1.165, 1.54) is 5.56 Å². The molecule has 0 aliphatic rings. The van der Waals surface area contributed by atoms with Gasteiger partial charge in [-0.1, -0.05) is 28.1 Å². The predicted molar refractivity (Wildman–Crippen MR) is 98.5 cm³/mol. The van der Waals surface area contributed by atoms with Crippen LogP contribution < -0.4 is 5.32 Å². The number of thiazole rings is 1. The van der Waals surface area contributed by atoms with Crippen molar-refractivity contribution in [1.82, 2.24) is 20.1 Å². The highest BCUT2D eigenvalue weighted by Gasteiger charge is 2.05. The van der Waals surface area contributed by atoms with Gasteiger partial charge in [0.15, 0.2) is 0 Å². The molecular weight excluding hydrogens is 372 g/mol. The Morgan fingerprint density at radius 1 is 1.35 bits per heavy atom. The van der Waals surface area contributed by atoms with Gasteiger partial charge in [0.25, 0.3) is 0 Å². The fourth-order valence-corrected chi connectivity index (χ4v) is 3.59. The van der Waals surface area contributed by atoms with E-state index in [0.29, 0.717) is 0 Å². The van der Waals surface area contributed by atoms with E-state index in [1.54, 1.807) is 11.3 Å². The van der Waals surface area contributed by atoms with Crippen molar-refractivity contribution < 1.29 is 0 Å². The number of rotatable bonds is 7. The highest BCUT2D eigenvalue weighted by Crippen LogP contribution is 2.26. The van der Waals surface area contributed by atoms with Gasteiger partial charge < -0.3 is 5.32 Å². The molecule has 6 heteroatoms. The molecule has 0 spiro atoms. The van der Waals surface area contributed by atoms with Crippen LogP contribution in [-0.2, 0) is 20.0 Å². The molecule has 2 heterocycles. The minimum atomic E-state index is 0.817. The molecular formula is C17H19BrN4S. The fraction of sp³-hybridized carbons (Fsp3) is 0.294. The van der Waals surface area contributed by atoms with E-state index < -0.39 is 0 Å². The van der Waals surface area contributed by atoms with Crippen LogP contribution in [-0.4, -0.2) is 21.3 Å². The highest BCUT2D eigenvalue weighted by atomic mass is 79.9. The third kappa shape index (κ3) is 4.73. The van der Waals surface area contributed by atoms with Gasteiger partial charge >= 0.3 is 0 Å². The van der Waals surface area contributed by atoms with Crippen molar-refractivity contribution in [2.45, 2.75) is 19.4 Å². The lowest BCUT2D eigenvalue weighted by atomic mass is 10.2. The number of hydrogen-bond donors (Lipinski definition) is 1. The minimum absolute atomic E-state index is 0.817. The van der Waals surface area contributed by atoms with Crippen LogP contribution >= 0.6 is 27.3 Å². The van der Waals surface area contributed by atoms with Gasteiger partial charge in [-0.15, -0.1) is 11.3 Å². The number of aryl methyl sites for hydroxylation is 2. The Bertz CT molecular complexity index is 765. The Hall–Kier alpha value is -1.50. The first-order chi connectivity index (χ1) is 11.2. The van der Waals surface area contributed by atoms with Crippen LogP contribution in [0, 0.1) is 0 Å². The summed E-state index contributed by atoms with van der Waals surface area (Å²) in [5.41, 5.74) is 3.55. The molecule has 23 heavy (non-hydrogen) atoms. The monoisotopic (exact) mass is 390 g/mol. The largest absolute Gasteiger partial charge is 0.311 e. The van der Waals surface area contributed by atoms with E-state index in [-0.39, 0.29) is 0 Å². The molecule has 3 rings (SSSR count). The molecule has 4 nitrogen and oxygen atoms in total. The summed E-state index contributed by atoms with van der Waals surface area (Å²) < 4.78 is 2.93. The summed E-state index contributed by atoms with van der Waals surface area (Å²) >= 11 is 5.20. The fourth-order valence-electron chi connectivity index (χ4n) is 2.38. The average Bonchev–Trinajstić information content (AvgIpc) is 3.16. The highest BCUT2D eigenvalue weighted by molar-refractivity contribution is 9.10. The molecule has 0 fully saturated rings. The van der Waals surface area contributed by atoms with Crippen LogP contribution in [0.3, 0.4) is 0 Å². The Kier molecular flexibility index (Phi) is 5.59. The van der Waals surface area contributed by atoms with Crippen molar-refractivity contribution in [3.8, 4) is 10.6 Å². The molecule has 0 bridgehead atoms. The van der Waals surface area contributed by atoms with E-state index in [9.17, 15) is 0 Å². The number of aromatic nitrogens is 3. The Morgan fingerprint density at radius 2 is 2.26 bits per heavy atom. The number of halogens is 1. The van der Waals surface area contributed by atoms with E-state index in [4.69, 9.17) is 4.98 Å². The lowest BCUT2D eigenvalue weighted by Crippen LogP contribution is -2.15. The first kappa shape index (κ1) is 16.4. The lowest BCUT2D eigenvalue weighted by Gasteiger charge is -2.01. The van der Waals surface area contributed by atoms with Gasteiger partial charge in [0.2, 0.25) is 0 Å². The molecule has 0 amide bonds. The molecule has 3 aromatic rings. The van der Waals surface area contributed by atoms with E-state index in [2.05, 4.69) is 50.1 Å². The maximum absolute atomic E-state index is 4.70. The SMILES string of the molecule is Cn1cc(CCCNCc2csc(-c3cccc(Br)c3)n2)cn1. The molecule has 0 atom stereocenters. The Labute approximate surface area is 148 Å². The summed E-state index contributed by atoms with van der Waals surface area (Å²) in [6, 6.07) is 8.26. The van der Waals surface area contributed by atoms with Gasteiger partial charge in [-0.2, -0.15) is 5.10 Å². The zero-order valence-corrected chi connectivity index (χ0v) is 15.4. The van der Waals surface area contributed by atoms with Crippen LogP contribution in [0.1, 0.15) is 17.7 Å². The quantitative estimate of drug-likeness (QED) is 0.619. The second-order valence-corrected chi connectivity index (χ2v) is 7.23. The molecule has 0 aliphatic carbocycles. The van der Waals surface area contributed by atoms with Gasteiger partial charge in [0.1, 0.15) is 5.01 Å². The zero-order valence-electron chi connectivity index (χ0n) is 13.0. The van der Waals surface area contributed by atoms with Gasteiger partial charge in [-0.05, 0) is 37.1 Å². The van der Waals surface area contributed by atoms with E-state index in [1.807, 2.05) is 30.1 Å². The molecule has 0 radical (unpaired) electrons. The number of benzene rings is 1. The number of nitrogens with one attached hydrogen (secondary N) is 1. The summed E-state index contributed by atoms with van der Waals surface area (Å²) in [4.78, 5) is 4.70. The first-order valence-electron chi connectivity index (χ1n) is 7.59. The normalized spacial score (nSPS) is 11.0. The van der Waals surface area contributed by atoms with Crippen molar-refractivity contribution in [2.24, 2.45) is 7.05 Å². The van der Waals surface area contributed by atoms with Crippen LogP contribution in [0.2, 0.25) is 0 Å². The van der Waals surface area contributed by atoms with Gasteiger partial charge in [-0.25, -0.2) is 4.98 Å². The molecule has 2 aromatic heterocycles. The van der Waals surface area contributed by atoms with Crippen LogP contribution in [0.25, 0.3) is 10.6 Å². The molecule has 0 unspecified atom stereocenters. The summed E-state index contributed by atoms with van der Waals surface area (Å²) in [7, 11) is 1.95. The smallest absolute Gasteiger partial charge is 0.123 e. The number of hydrogen-bond acceptors (Lipinski definition) is 4. The third-order valence-corrected chi connectivity index (χ3v) is 4.94. The van der Waals surface area contributed by atoms with Crippen molar-refractivity contribution in [3.63, 3.8) is 0 Å². The van der Waals surface area contributed by atoms with E-state index >= 15 is 0 Å². The molecule has 1 N–H and O–H groups in total. The summed E-state index contributed by atoms with van der Waals surface area (Å²) in [5.74, 6) is 0. The molecule has 1 aromatic carbocycles. The zero-order chi connectivity index (χ0) is 16.1. The second-order valence-electron chi connectivity index (χ2n) is 5.46. The van der Waals surface area contributed by atoms with E-state index in [0.717, 1.165) is 46.7 Å². The topological polar surface area (TPSA) is 42.7 Å². The summed E-state index contributed by atoms with van der Waals surface area (Å²) in [6.07, 6.45) is 6.17. The van der Waals surface area contributed by atoms with Crippen LogP contribution in [0.15, 0.2) is 46.5 Å². The Balaban J connectivity index is 1.44. The Morgan fingerprint density at radius 3 is 3.04 bits per heavy atom. The average molecular weight is 391 g/mol. The van der Waals surface area contributed by atoms with Crippen LogP contribution in [0.5, 0.6) is 0 Å². The summed E-state index contributed by atoms with van der Waals surface area (Å²) in [6.45, 7) is 1.80. The van der Waals surface area contributed by atoms with Gasteiger partial charge in [0.05, 0.1) is 11.9 Å². The molecule has 0 saturated heterocycles. The molecule has 120 valence electrons. The third-order valence-electron chi connectivity index (χ3n) is 3.51. The maximum atomic E-state index is 4.70. The van der Waals surface area contributed by atoms with Crippen molar-refractivity contribution >= 4 is 27.3 Å². The summed E-state index contributed by atoms with van der Waals surface area (Å²) in [5, 5.41) is 10.8. The van der Waals surface area contributed by atoms with Gasteiger partial charge in [-0.3, -0.25) is 4.68 Å². The van der Waals surface area contributed by atoms with Crippen molar-refractivity contribution in [1.29, 1.82) is 0 Å². The first-order valence-corrected chi connectivity index (χ1v) is 9.26. The van der Waals surface area contributed by atoms with Gasteiger partial charge in [0, 0.05) is 35.2 Å². The van der Waals surface area contributed by atoms with Crippen molar-refractivity contribution in [2.75, 3.05) is 6.54 Å². The molecule has 0 saturated carbocycles. The lowest BCUT2D eigenvalue weighted by molar-refractivity contribution is 0.642. The number of nitrogens with zero attached hydrogens (tertiary/aromatic N) is 3. The maximum Gasteiger partial charge on any atom is 0.123 e. The second kappa shape index (κ2) is 7.86.